The Morgan fingerprint density at radius 3 is 2.72 bits per heavy atom. The first-order valence-corrected chi connectivity index (χ1v) is 6.93. The van der Waals surface area contributed by atoms with E-state index in [2.05, 4.69) is 47.6 Å². The zero-order chi connectivity index (χ0) is 13.5. The number of nitrogens with zero attached hydrogens (tertiary/aromatic N) is 3. The molecule has 0 fully saturated rings. The molecule has 1 rings (SSSR count). The van der Waals surface area contributed by atoms with Crippen molar-refractivity contribution in [1.82, 2.24) is 19.8 Å². The van der Waals surface area contributed by atoms with E-state index >= 15 is 0 Å². The van der Waals surface area contributed by atoms with Crippen LogP contribution in [0.2, 0.25) is 0 Å². The van der Waals surface area contributed by atoms with Gasteiger partial charge in [0.2, 0.25) is 0 Å². The van der Waals surface area contributed by atoms with Crippen LogP contribution < -0.4 is 5.32 Å². The predicted molar refractivity (Wildman–Crippen MR) is 76.5 cm³/mol. The maximum atomic E-state index is 4.38. The third-order valence-corrected chi connectivity index (χ3v) is 3.72. The van der Waals surface area contributed by atoms with E-state index in [9.17, 15) is 0 Å². The monoisotopic (exact) mass is 252 g/mol. The molecular weight excluding hydrogens is 224 g/mol. The van der Waals surface area contributed by atoms with Crippen LogP contribution in [0.1, 0.15) is 33.0 Å². The molecule has 0 bridgehead atoms. The quantitative estimate of drug-likeness (QED) is 0.717. The third-order valence-electron chi connectivity index (χ3n) is 3.72. The lowest BCUT2D eigenvalue weighted by Gasteiger charge is -2.29. The minimum absolute atomic E-state index is 0.547. The molecule has 0 radical (unpaired) electrons. The van der Waals surface area contributed by atoms with Gasteiger partial charge in [0.1, 0.15) is 5.82 Å². The molecule has 0 saturated carbocycles. The molecule has 0 aliphatic heterocycles. The highest BCUT2D eigenvalue weighted by Crippen LogP contribution is 2.11. The van der Waals surface area contributed by atoms with Crippen molar-refractivity contribution < 1.29 is 0 Å². The van der Waals surface area contributed by atoms with Gasteiger partial charge in [-0.15, -0.1) is 0 Å². The van der Waals surface area contributed by atoms with Crippen molar-refractivity contribution >= 4 is 0 Å². The average Bonchev–Trinajstić information content (AvgIpc) is 2.74. The zero-order valence-corrected chi connectivity index (χ0v) is 12.5. The summed E-state index contributed by atoms with van der Waals surface area (Å²) in [6, 6.07) is 0.547. The number of rotatable bonds is 8. The Kier molecular flexibility index (Phi) is 6.36. The largest absolute Gasteiger partial charge is 0.337 e. The summed E-state index contributed by atoms with van der Waals surface area (Å²) in [6.45, 7) is 9.90. The number of hydrogen-bond acceptors (Lipinski definition) is 3. The summed E-state index contributed by atoms with van der Waals surface area (Å²) in [7, 11) is 4.22. The molecule has 2 atom stereocenters. The van der Waals surface area contributed by atoms with E-state index in [0.717, 1.165) is 25.5 Å². The topological polar surface area (TPSA) is 33.1 Å². The number of nitrogens with one attached hydrogen (secondary N) is 1. The van der Waals surface area contributed by atoms with Gasteiger partial charge in [0.15, 0.2) is 0 Å². The number of aromatic nitrogens is 2. The molecule has 1 heterocycles. The summed E-state index contributed by atoms with van der Waals surface area (Å²) in [5, 5.41) is 3.49. The summed E-state index contributed by atoms with van der Waals surface area (Å²) in [6.07, 6.45) is 5.06. The second-order valence-corrected chi connectivity index (χ2v) is 5.29. The molecule has 1 aromatic heterocycles. The summed E-state index contributed by atoms with van der Waals surface area (Å²) in [5.74, 6) is 1.76. The smallest absolute Gasteiger partial charge is 0.122 e. The first-order chi connectivity index (χ1) is 8.56. The van der Waals surface area contributed by atoms with E-state index in [-0.39, 0.29) is 0 Å². The fourth-order valence-corrected chi connectivity index (χ4v) is 2.03. The Balaban J connectivity index is 2.40. The zero-order valence-electron chi connectivity index (χ0n) is 12.5. The lowest BCUT2D eigenvalue weighted by atomic mass is 10.0. The van der Waals surface area contributed by atoms with Gasteiger partial charge in [0, 0.05) is 25.5 Å². The maximum absolute atomic E-state index is 4.38. The molecule has 1 N–H and O–H groups in total. The van der Waals surface area contributed by atoms with Crippen molar-refractivity contribution in [3.8, 4) is 0 Å². The molecule has 0 amide bonds. The van der Waals surface area contributed by atoms with Gasteiger partial charge < -0.3 is 9.88 Å². The Hall–Kier alpha value is -0.870. The summed E-state index contributed by atoms with van der Waals surface area (Å²) in [4.78, 5) is 6.75. The van der Waals surface area contributed by atoms with E-state index in [4.69, 9.17) is 0 Å². The molecule has 0 saturated heterocycles. The van der Waals surface area contributed by atoms with Crippen LogP contribution in [0, 0.1) is 5.92 Å². The molecule has 0 aromatic carbocycles. The van der Waals surface area contributed by atoms with Gasteiger partial charge in [0.05, 0.1) is 6.54 Å². The van der Waals surface area contributed by atoms with Gasteiger partial charge in [-0.05, 0) is 39.4 Å². The van der Waals surface area contributed by atoms with E-state index in [0.29, 0.717) is 12.0 Å². The first-order valence-electron chi connectivity index (χ1n) is 6.93. The number of imidazole rings is 1. The van der Waals surface area contributed by atoms with Crippen molar-refractivity contribution in [2.24, 2.45) is 13.0 Å². The van der Waals surface area contributed by atoms with Gasteiger partial charge in [-0.3, -0.25) is 4.90 Å². The molecule has 18 heavy (non-hydrogen) atoms. The van der Waals surface area contributed by atoms with Crippen LogP contribution in [0.4, 0.5) is 0 Å². The second kappa shape index (κ2) is 7.54. The fraction of sp³-hybridized carbons (Fsp3) is 0.786. The SMILES string of the molecule is CCCNCC(C)C(C)N(C)Cc1nccn1C. The van der Waals surface area contributed by atoms with Crippen LogP contribution >= 0.6 is 0 Å². The van der Waals surface area contributed by atoms with Crippen LogP contribution in [0.15, 0.2) is 12.4 Å². The molecule has 0 aliphatic rings. The third kappa shape index (κ3) is 4.42. The molecule has 4 nitrogen and oxygen atoms in total. The maximum Gasteiger partial charge on any atom is 0.122 e. The highest BCUT2D eigenvalue weighted by atomic mass is 15.2. The minimum atomic E-state index is 0.547. The molecule has 104 valence electrons. The lowest BCUT2D eigenvalue weighted by Crippen LogP contribution is -2.39. The van der Waals surface area contributed by atoms with Crippen LogP contribution in [0.5, 0.6) is 0 Å². The molecule has 1 aromatic rings. The van der Waals surface area contributed by atoms with Gasteiger partial charge in [0.25, 0.3) is 0 Å². The van der Waals surface area contributed by atoms with E-state index < -0.39 is 0 Å². The summed E-state index contributed by atoms with van der Waals surface area (Å²) in [5.41, 5.74) is 0. The van der Waals surface area contributed by atoms with Crippen LogP contribution in [-0.2, 0) is 13.6 Å². The minimum Gasteiger partial charge on any atom is -0.337 e. The molecular formula is C14H28N4. The van der Waals surface area contributed by atoms with Crippen molar-refractivity contribution in [3.63, 3.8) is 0 Å². The molecule has 2 unspecified atom stereocenters. The second-order valence-electron chi connectivity index (χ2n) is 5.29. The Morgan fingerprint density at radius 2 is 2.17 bits per heavy atom. The van der Waals surface area contributed by atoms with Crippen molar-refractivity contribution in [2.75, 3.05) is 20.1 Å². The Bertz CT molecular complexity index is 334. The Morgan fingerprint density at radius 1 is 1.44 bits per heavy atom. The average molecular weight is 252 g/mol. The van der Waals surface area contributed by atoms with Gasteiger partial charge in [-0.1, -0.05) is 13.8 Å². The van der Waals surface area contributed by atoms with Gasteiger partial charge >= 0.3 is 0 Å². The normalized spacial score (nSPS) is 15.0. The van der Waals surface area contributed by atoms with Gasteiger partial charge in [-0.2, -0.15) is 0 Å². The van der Waals surface area contributed by atoms with E-state index in [1.165, 1.54) is 6.42 Å². The highest BCUT2D eigenvalue weighted by Gasteiger charge is 2.17. The number of aryl methyl sites for hydroxylation is 1. The first kappa shape index (κ1) is 15.2. The summed E-state index contributed by atoms with van der Waals surface area (Å²) < 4.78 is 2.09. The highest BCUT2D eigenvalue weighted by molar-refractivity contribution is 4.91. The van der Waals surface area contributed by atoms with Crippen molar-refractivity contribution in [2.45, 2.75) is 39.8 Å². The molecule has 0 aliphatic carbocycles. The van der Waals surface area contributed by atoms with Crippen LogP contribution in [0.25, 0.3) is 0 Å². The predicted octanol–water partition coefficient (Wildman–Crippen LogP) is 1.88. The van der Waals surface area contributed by atoms with E-state index in [1.54, 1.807) is 0 Å². The van der Waals surface area contributed by atoms with Crippen LogP contribution in [-0.4, -0.2) is 40.6 Å². The molecule has 0 spiro atoms. The fourth-order valence-electron chi connectivity index (χ4n) is 2.03. The Labute approximate surface area is 111 Å². The van der Waals surface area contributed by atoms with Gasteiger partial charge in [-0.25, -0.2) is 4.98 Å². The van der Waals surface area contributed by atoms with Crippen molar-refractivity contribution in [1.29, 1.82) is 0 Å². The van der Waals surface area contributed by atoms with Crippen molar-refractivity contribution in [3.05, 3.63) is 18.2 Å². The summed E-state index contributed by atoms with van der Waals surface area (Å²) >= 11 is 0. The lowest BCUT2D eigenvalue weighted by molar-refractivity contribution is 0.183. The molecule has 4 heteroatoms. The standard InChI is InChI=1S/C14H28N4/c1-6-7-15-10-12(2)13(3)18(5)11-14-16-8-9-17(14)4/h8-9,12-13,15H,6-7,10-11H2,1-5H3. The van der Waals surface area contributed by atoms with Crippen LogP contribution in [0.3, 0.4) is 0 Å². The van der Waals surface area contributed by atoms with E-state index in [1.807, 2.05) is 19.4 Å². The number of hydrogen-bond donors (Lipinski definition) is 1.